The topological polar surface area (TPSA) is 156 Å². The first-order valence-corrected chi connectivity index (χ1v) is 16.5. The number of nitrogens with zero attached hydrogens (tertiary/aromatic N) is 4. The Morgan fingerprint density at radius 1 is 1.09 bits per heavy atom. The van der Waals surface area contributed by atoms with Crippen LogP contribution in [-0.2, 0) is 26.9 Å². The van der Waals surface area contributed by atoms with Crippen LogP contribution in [0.3, 0.4) is 0 Å². The first kappa shape index (κ1) is 35.4. The molecule has 4 N–H and O–H groups in total. The van der Waals surface area contributed by atoms with Gasteiger partial charge in [0.2, 0.25) is 0 Å². The Kier molecular flexibility index (Phi) is 11.6. The van der Waals surface area contributed by atoms with Crippen molar-refractivity contribution >= 4 is 35.0 Å². The summed E-state index contributed by atoms with van der Waals surface area (Å²) >= 11 is 0. The molecule has 3 amide bonds. The number of likely N-dealkylation sites (N-methyl/N-ethyl adjacent to an activating group) is 1. The lowest BCUT2D eigenvalue weighted by atomic mass is 9.88. The maximum atomic E-state index is 14.0. The second-order valence-corrected chi connectivity index (χ2v) is 12.6. The quantitative estimate of drug-likeness (QED) is 0.132. The standard InChI is InChI=1S/C35H49N7O5/c1-7-8-9-12-21-46-33(44)39-30(37)25-15-13-24(14-16-25)29(36)31-38-27-22-26(17-18-28(27)40(31)5)35(4,32(43)42-19-10-11-20-42)41(6)34(45)47-23(2)3/h13-18,22-23,29H,7-12,19-21,36H2,1-6H3,(H2,37,39,44). The van der Waals surface area contributed by atoms with E-state index in [1.54, 1.807) is 57.0 Å². The number of amides is 3. The fraction of sp³-hybridized carbons (Fsp3) is 0.514. The summed E-state index contributed by atoms with van der Waals surface area (Å²) in [5, 5.41) is 10.8. The molecule has 1 fully saturated rings. The summed E-state index contributed by atoms with van der Waals surface area (Å²) in [5.41, 5.74) is 8.75. The van der Waals surface area contributed by atoms with Crippen LogP contribution >= 0.6 is 0 Å². The molecule has 0 aliphatic carbocycles. The molecule has 254 valence electrons. The van der Waals surface area contributed by atoms with Crippen LogP contribution in [0.2, 0.25) is 0 Å². The maximum absolute atomic E-state index is 14.0. The Morgan fingerprint density at radius 2 is 1.77 bits per heavy atom. The van der Waals surface area contributed by atoms with Crippen LogP contribution in [0.25, 0.3) is 11.0 Å². The highest BCUT2D eigenvalue weighted by molar-refractivity contribution is 6.04. The molecular weight excluding hydrogens is 598 g/mol. The summed E-state index contributed by atoms with van der Waals surface area (Å²) in [7, 11) is 3.48. The normalized spacial score (nSPS) is 14.9. The van der Waals surface area contributed by atoms with Crippen LogP contribution in [-0.4, -0.2) is 76.1 Å². The molecule has 1 aliphatic heterocycles. The molecule has 2 unspecified atom stereocenters. The zero-order valence-electron chi connectivity index (χ0n) is 28.5. The highest BCUT2D eigenvalue weighted by Crippen LogP contribution is 2.34. The number of imidazole rings is 1. The summed E-state index contributed by atoms with van der Waals surface area (Å²) in [6.45, 7) is 9.03. The van der Waals surface area contributed by atoms with E-state index in [4.69, 9.17) is 25.6 Å². The molecule has 3 aromatic rings. The minimum absolute atomic E-state index is 0.0623. The van der Waals surface area contributed by atoms with Gasteiger partial charge in [0, 0.05) is 32.7 Å². The number of unbranched alkanes of at least 4 members (excludes halogenated alkanes) is 3. The minimum atomic E-state index is -1.32. The monoisotopic (exact) mass is 647 g/mol. The Balaban J connectivity index is 1.55. The highest BCUT2D eigenvalue weighted by atomic mass is 16.6. The van der Waals surface area contributed by atoms with Crippen molar-refractivity contribution in [1.82, 2.24) is 24.7 Å². The molecule has 2 aromatic carbocycles. The van der Waals surface area contributed by atoms with E-state index in [1.165, 1.54) is 4.90 Å². The third kappa shape index (κ3) is 7.93. The summed E-state index contributed by atoms with van der Waals surface area (Å²) in [6, 6.07) is 12.1. The Bertz CT molecular complexity index is 1580. The van der Waals surface area contributed by atoms with Crippen molar-refractivity contribution in [3.63, 3.8) is 0 Å². The van der Waals surface area contributed by atoms with E-state index in [0.29, 0.717) is 42.2 Å². The van der Waals surface area contributed by atoms with E-state index in [2.05, 4.69) is 12.2 Å². The van der Waals surface area contributed by atoms with E-state index in [0.717, 1.165) is 49.6 Å². The number of carbonyl (C=O) groups excluding carboxylic acids is 3. The van der Waals surface area contributed by atoms with E-state index in [1.807, 2.05) is 29.8 Å². The Morgan fingerprint density at radius 3 is 2.40 bits per heavy atom. The van der Waals surface area contributed by atoms with Crippen molar-refractivity contribution in [2.45, 2.75) is 83.9 Å². The lowest BCUT2D eigenvalue weighted by Gasteiger charge is -2.40. The van der Waals surface area contributed by atoms with Gasteiger partial charge in [-0.1, -0.05) is 56.5 Å². The molecule has 12 heteroatoms. The number of amidine groups is 1. The number of aryl methyl sites for hydroxylation is 1. The predicted octanol–water partition coefficient (Wildman–Crippen LogP) is 5.57. The van der Waals surface area contributed by atoms with Gasteiger partial charge in [-0.3, -0.25) is 20.4 Å². The number of aromatic nitrogens is 2. The molecule has 12 nitrogen and oxygen atoms in total. The first-order chi connectivity index (χ1) is 22.4. The summed E-state index contributed by atoms with van der Waals surface area (Å²) < 4.78 is 12.6. The zero-order chi connectivity index (χ0) is 34.3. The predicted molar refractivity (Wildman–Crippen MR) is 181 cm³/mol. The average molecular weight is 648 g/mol. The third-order valence-corrected chi connectivity index (χ3v) is 8.86. The number of rotatable bonds is 12. The van der Waals surface area contributed by atoms with Gasteiger partial charge < -0.3 is 24.7 Å². The van der Waals surface area contributed by atoms with Gasteiger partial charge in [0.1, 0.15) is 17.2 Å². The fourth-order valence-corrected chi connectivity index (χ4v) is 5.86. The smallest absolute Gasteiger partial charge is 0.412 e. The van der Waals surface area contributed by atoms with E-state index in [-0.39, 0.29) is 17.8 Å². The number of nitrogens with two attached hydrogens (primary N) is 1. The van der Waals surface area contributed by atoms with Gasteiger partial charge in [0.25, 0.3) is 5.91 Å². The molecule has 47 heavy (non-hydrogen) atoms. The summed E-state index contributed by atoms with van der Waals surface area (Å²) in [6.07, 6.45) is 4.28. The molecule has 4 rings (SSSR count). The number of likely N-dealkylation sites (tertiary alicyclic amines) is 1. The Labute approximate surface area is 277 Å². The van der Waals surface area contributed by atoms with Crippen molar-refractivity contribution in [3.05, 3.63) is 65.0 Å². The molecule has 1 saturated heterocycles. The molecule has 2 atom stereocenters. The Hall–Kier alpha value is -4.45. The number of hydrogen-bond donors (Lipinski definition) is 3. The van der Waals surface area contributed by atoms with Crippen LogP contribution in [0.1, 0.15) is 94.8 Å². The largest absolute Gasteiger partial charge is 0.449 e. The second kappa shape index (κ2) is 15.4. The van der Waals surface area contributed by atoms with Crippen LogP contribution in [0, 0.1) is 5.41 Å². The number of alkyl carbamates (subject to hydrolysis) is 1. The second-order valence-electron chi connectivity index (χ2n) is 12.6. The van der Waals surface area contributed by atoms with Gasteiger partial charge in [0.05, 0.1) is 29.8 Å². The SMILES string of the molecule is CCCCCCOC(=O)NC(=N)c1ccc(C(N)c2nc3cc(C(C)(C(=O)N4CCCC4)N(C)C(=O)OC(C)C)ccc3n2C)cc1. The molecular formula is C35H49N7O5. The third-order valence-electron chi connectivity index (χ3n) is 8.86. The van der Waals surface area contributed by atoms with Gasteiger partial charge in [-0.25, -0.2) is 14.6 Å². The lowest BCUT2D eigenvalue weighted by molar-refractivity contribution is -0.141. The molecule has 1 aliphatic rings. The maximum Gasteiger partial charge on any atom is 0.412 e. The molecule has 0 saturated carbocycles. The highest BCUT2D eigenvalue weighted by Gasteiger charge is 2.46. The van der Waals surface area contributed by atoms with Gasteiger partial charge in [0.15, 0.2) is 0 Å². The molecule has 0 spiro atoms. The molecule has 1 aromatic heterocycles. The summed E-state index contributed by atoms with van der Waals surface area (Å²) in [5.74, 6) is 0.378. The number of fused-ring (bicyclic) bond motifs is 1. The zero-order valence-corrected chi connectivity index (χ0v) is 28.5. The lowest BCUT2D eigenvalue weighted by Crippen LogP contribution is -2.56. The van der Waals surface area contributed by atoms with Crippen LogP contribution in [0.15, 0.2) is 42.5 Å². The van der Waals surface area contributed by atoms with Crippen LogP contribution in [0.4, 0.5) is 9.59 Å². The number of hydrogen-bond acceptors (Lipinski definition) is 8. The van der Waals surface area contributed by atoms with E-state index >= 15 is 0 Å². The molecule has 0 radical (unpaired) electrons. The molecule has 0 bridgehead atoms. The van der Waals surface area contributed by atoms with E-state index < -0.39 is 23.8 Å². The summed E-state index contributed by atoms with van der Waals surface area (Å²) in [4.78, 5) is 47.3. The first-order valence-electron chi connectivity index (χ1n) is 16.5. The van der Waals surface area contributed by atoms with Crippen molar-refractivity contribution < 1.29 is 23.9 Å². The van der Waals surface area contributed by atoms with Gasteiger partial charge >= 0.3 is 12.2 Å². The minimum Gasteiger partial charge on any atom is -0.449 e. The van der Waals surface area contributed by atoms with Crippen LogP contribution in [0.5, 0.6) is 0 Å². The van der Waals surface area contributed by atoms with Gasteiger partial charge in [-0.05, 0) is 63.3 Å². The number of nitrogens with one attached hydrogen (secondary N) is 2. The van der Waals surface area contributed by atoms with Gasteiger partial charge in [-0.15, -0.1) is 0 Å². The number of carbonyl (C=O) groups is 3. The fourth-order valence-electron chi connectivity index (χ4n) is 5.86. The van der Waals surface area contributed by atoms with Crippen molar-refractivity contribution in [2.24, 2.45) is 12.8 Å². The molecule has 2 heterocycles. The van der Waals surface area contributed by atoms with Crippen molar-refractivity contribution in [3.8, 4) is 0 Å². The van der Waals surface area contributed by atoms with Crippen molar-refractivity contribution in [1.29, 1.82) is 5.41 Å². The van der Waals surface area contributed by atoms with Crippen LogP contribution < -0.4 is 11.1 Å². The van der Waals surface area contributed by atoms with E-state index in [9.17, 15) is 14.4 Å². The van der Waals surface area contributed by atoms with Gasteiger partial charge in [-0.2, -0.15) is 0 Å². The van der Waals surface area contributed by atoms with Crippen molar-refractivity contribution in [2.75, 3.05) is 26.7 Å². The average Bonchev–Trinajstić information content (AvgIpc) is 3.71. The number of benzene rings is 2. The number of ether oxygens (including phenoxy) is 2.